The summed E-state index contributed by atoms with van der Waals surface area (Å²) in [4.78, 5) is 16.5. The van der Waals surface area contributed by atoms with E-state index < -0.39 is 0 Å². The van der Waals surface area contributed by atoms with Crippen molar-refractivity contribution in [1.29, 1.82) is 0 Å². The maximum absolute atomic E-state index is 12.5. The van der Waals surface area contributed by atoms with Crippen LogP contribution in [0.1, 0.15) is 16.9 Å². The second kappa shape index (κ2) is 7.32. The van der Waals surface area contributed by atoms with Crippen LogP contribution in [0.2, 0.25) is 5.02 Å². The molecule has 0 radical (unpaired) electrons. The third kappa shape index (κ3) is 3.48. The highest BCUT2D eigenvalue weighted by Gasteiger charge is 2.18. The van der Waals surface area contributed by atoms with Crippen LogP contribution >= 0.6 is 11.6 Å². The molecule has 0 aliphatic rings. The van der Waals surface area contributed by atoms with E-state index >= 15 is 0 Å². The Hall–Kier alpha value is -2.99. The molecule has 0 saturated heterocycles. The smallest absolute Gasteiger partial charge is 0.268 e. The molecule has 0 bridgehead atoms. The maximum Gasteiger partial charge on any atom is 0.268 e. The molecule has 7 heteroatoms. The van der Waals surface area contributed by atoms with Gasteiger partial charge in [-0.25, -0.2) is 4.98 Å². The van der Waals surface area contributed by atoms with Crippen molar-refractivity contribution in [2.24, 2.45) is 7.05 Å². The molecule has 0 aliphatic carbocycles. The van der Waals surface area contributed by atoms with E-state index in [1.807, 2.05) is 52.7 Å². The van der Waals surface area contributed by atoms with E-state index in [0.717, 1.165) is 24.0 Å². The van der Waals surface area contributed by atoms with Crippen molar-refractivity contribution in [3.05, 3.63) is 65.8 Å². The molecule has 6 nitrogen and oxygen atoms in total. The Morgan fingerprint density at radius 2 is 2.15 bits per heavy atom. The number of benzene rings is 1. The van der Waals surface area contributed by atoms with Crippen LogP contribution < -0.4 is 5.32 Å². The van der Waals surface area contributed by atoms with Crippen molar-refractivity contribution in [3.8, 4) is 11.3 Å². The summed E-state index contributed by atoms with van der Waals surface area (Å²) < 4.78 is 9.75. The molecule has 1 aromatic carbocycles. The number of hydrogen-bond donors (Lipinski definition) is 1. The molecule has 1 amide bonds. The van der Waals surface area contributed by atoms with Crippen molar-refractivity contribution in [1.82, 2.24) is 19.4 Å². The summed E-state index contributed by atoms with van der Waals surface area (Å²) in [7, 11) is 1.86. The molecule has 0 atom stereocenters. The predicted octanol–water partition coefficient (Wildman–Crippen LogP) is 4.11. The topological polar surface area (TPSA) is 65.0 Å². The van der Waals surface area contributed by atoms with E-state index in [2.05, 4.69) is 10.3 Å². The van der Waals surface area contributed by atoms with Crippen LogP contribution in [-0.2, 0) is 13.6 Å². The normalized spacial score (nSPS) is 11.2. The van der Waals surface area contributed by atoms with Crippen molar-refractivity contribution >= 4 is 28.6 Å². The van der Waals surface area contributed by atoms with Crippen molar-refractivity contribution in [2.75, 3.05) is 6.54 Å². The number of carbonyl (C=O) groups excluding carboxylic acids is 1. The van der Waals surface area contributed by atoms with Crippen LogP contribution in [0.25, 0.3) is 22.4 Å². The molecule has 0 spiro atoms. The minimum atomic E-state index is -0.117. The van der Waals surface area contributed by atoms with Gasteiger partial charge in [-0.1, -0.05) is 23.7 Å². The molecule has 0 fully saturated rings. The molecule has 4 rings (SSSR count). The molecule has 0 saturated carbocycles. The van der Waals surface area contributed by atoms with Crippen molar-refractivity contribution < 1.29 is 9.21 Å². The lowest BCUT2D eigenvalue weighted by Crippen LogP contribution is -2.26. The summed E-state index contributed by atoms with van der Waals surface area (Å²) in [5.74, 6) is 0.572. The van der Waals surface area contributed by atoms with Gasteiger partial charge in [0.25, 0.3) is 5.91 Å². The van der Waals surface area contributed by atoms with Gasteiger partial charge in [-0.15, -0.1) is 0 Å². The quantitative estimate of drug-likeness (QED) is 0.510. The third-order valence-electron chi connectivity index (χ3n) is 4.54. The molecular weight excluding hydrogens is 364 g/mol. The molecule has 0 aliphatic heterocycles. The van der Waals surface area contributed by atoms with Crippen LogP contribution in [0.15, 0.2) is 59.5 Å². The van der Waals surface area contributed by atoms with Gasteiger partial charge in [0.15, 0.2) is 5.58 Å². The Balaban J connectivity index is 1.46. The van der Waals surface area contributed by atoms with E-state index in [1.165, 1.54) is 0 Å². The highest BCUT2D eigenvalue weighted by molar-refractivity contribution is 6.33. The van der Waals surface area contributed by atoms with Crippen LogP contribution in [0.4, 0.5) is 0 Å². The second-order valence-corrected chi connectivity index (χ2v) is 6.75. The molecular formula is C20H19ClN4O2. The number of aryl methyl sites for hydroxylation is 2. The van der Waals surface area contributed by atoms with Gasteiger partial charge in [0.1, 0.15) is 11.5 Å². The zero-order valence-corrected chi connectivity index (χ0v) is 15.6. The maximum atomic E-state index is 12.5. The number of hydrogen-bond acceptors (Lipinski definition) is 3. The van der Waals surface area contributed by atoms with Gasteiger partial charge < -0.3 is 18.9 Å². The van der Waals surface area contributed by atoms with Gasteiger partial charge in [0.05, 0.1) is 16.9 Å². The Labute approximate surface area is 161 Å². The molecule has 138 valence electrons. The van der Waals surface area contributed by atoms with Gasteiger partial charge >= 0.3 is 0 Å². The molecule has 0 unspecified atom stereocenters. The highest BCUT2D eigenvalue weighted by atomic mass is 35.5. The Morgan fingerprint density at radius 3 is 2.89 bits per heavy atom. The SMILES string of the molecule is Cn1c(C(=O)NCCCn2ccnc2)cc2oc(-c3ccccc3Cl)cc21. The van der Waals surface area contributed by atoms with Crippen LogP contribution in [0.5, 0.6) is 0 Å². The Bertz CT molecular complexity index is 1080. The van der Waals surface area contributed by atoms with Crippen LogP contribution in [0.3, 0.4) is 0 Å². The summed E-state index contributed by atoms with van der Waals surface area (Å²) in [6.07, 6.45) is 6.25. The average Bonchev–Trinajstić information content (AvgIpc) is 3.37. The first-order valence-corrected chi connectivity index (χ1v) is 9.09. The molecule has 3 aromatic heterocycles. The lowest BCUT2D eigenvalue weighted by atomic mass is 10.2. The van der Waals surface area contributed by atoms with Gasteiger partial charge in [0, 0.05) is 50.2 Å². The largest absolute Gasteiger partial charge is 0.454 e. The van der Waals surface area contributed by atoms with E-state index in [1.54, 1.807) is 18.6 Å². The number of halogens is 1. The molecule has 27 heavy (non-hydrogen) atoms. The first kappa shape index (κ1) is 17.4. The molecule has 4 aromatic rings. The van der Waals surface area contributed by atoms with Gasteiger partial charge in [-0.2, -0.15) is 0 Å². The lowest BCUT2D eigenvalue weighted by molar-refractivity contribution is 0.0945. The number of fused-ring (bicyclic) bond motifs is 1. The first-order chi connectivity index (χ1) is 13.1. The first-order valence-electron chi connectivity index (χ1n) is 8.71. The minimum absolute atomic E-state index is 0.117. The fourth-order valence-corrected chi connectivity index (χ4v) is 3.33. The number of imidazole rings is 1. The Morgan fingerprint density at radius 1 is 1.30 bits per heavy atom. The summed E-state index contributed by atoms with van der Waals surface area (Å²) in [6, 6.07) is 11.2. The number of rotatable bonds is 6. The number of furan rings is 1. The van der Waals surface area contributed by atoms with Crippen LogP contribution in [-0.4, -0.2) is 26.6 Å². The summed E-state index contributed by atoms with van der Waals surface area (Å²) in [6.45, 7) is 1.41. The Kier molecular flexibility index (Phi) is 4.73. The molecule has 1 N–H and O–H groups in total. The van der Waals surface area contributed by atoms with E-state index in [-0.39, 0.29) is 5.91 Å². The highest BCUT2D eigenvalue weighted by Crippen LogP contribution is 2.33. The minimum Gasteiger partial charge on any atom is -0.454 e. The fraction of sp³-hybridized carbons (Fsp3) is 0.200. The predicted molar refractivity (Wildman–Crippen MR) is 105 cm³/mol. The number of nitrogens with one attached hydrogen (secondary N) is 1. The van der Waals surface area contributed by atoms with E-state index in [4.69, 9.17) is 16.0 Å². The van der Waals surface area contributed by atoms with Gasteiger partial charge in [-0.05, 0) is 18.6 Å². The number of carbonyl (C=O) groups is 1. The van der Waals surface area contributed by atoms with E-state index in [9.17, 15) is 4.79 Å². The third-order valence-corrected chi connectivity index (χ3v) is 4.87. The number of amides is 1. The zero-order chi connectivity index (χ0) is 18.8. The second-order valence-electron chi connectivity index (χ2n) is 6.34. The lowest BCUT2D eigenvalue weighted by Gasteiger charge is -2.07. The average molecular weight is 383 g/mol. The van der Waals surface area contributed by atoms with Crippen LogP contribution in [0, 0.1) is 0 Å². The monoisotopic (exact) mass is 382 g/mol. The van der Waals surface area contributed by atoms with Gasteiger partial charge in [0.2, 0.25) is 0 Å². The fourth-order valence-electron chi connectivity index (χ4n) is 3.10. The summed E-state index contributed by atoms with van der Waals surface area (Å²) >= 11 is 6.25. The molecule has 3 heterocycles. The summed E-state index contributed by atoms with van der Waals surface area (Å²) in [5.41, 5.74) is 2.92. The standard InChI is InChI=1S/C20H19ClN4O2/c1-24-16-11-18(14-5-2-3-6-15(14)21)27-19(16)12-17(24)20(26)23-7-4-9-25-10-8-22-13-25/h2-3,5-6,8,10-13H,4,7,9H2,1H3,(H,23,26). The number of nitrogens with zero attached hydrogens (tertiary/aromatic N) is 3. The zero-order valence-electron chi connectivity index (χ0n) is 14.9. The summed E-state index contributed by atoms with van der Waals surface area (Å²) in [5, 5.41) is 3.58. The number of aromatic nitrogens is 3. The van der Waals surface area contributed by atoms with Crippen molar-refractivity contribution in [2.45, 2.75) is 13.0 Å². The van der Waals surface area contributed by atoms with E-state index in [0.29, 0.717) is 28.6 Å². The van der Waals surface area contributed by atoms with Crippen molar-refractivity contribution in [3.63, 3.8) is 0 Å². The van der Waals surface area contributed by atoms with Gasteiger partial charge in [-0.3, -0.25) is 4.79 Å².